The highest BCUT2D eigenvalue weighted by Gasteiger charge is 2.30. The third-order valence-corrected chi connectivity index (χ3v) is 5.83. The van der Waals surface area contributed by atoms with Gasteiger partial charge in [0.1, 0.15) is 6.04 Å². The average Bonchev–Trinajstić information content (AvgIpc) is 3.25. The van der Waals surface area contributed by atoms with Crippen LogP contribution in [0.4, 0.5) is 0 Å². The maximum Gasteiger partial charge on any atom is 0.329 e. The van der Waals surface area contributed by atoms with Crippen molar-refractivity contribution in [1.29, 1.82) is 0 Å². The van der Waals surface area contributed by atoms with Crippen LogP contribution in [-0.2, 0) is 25.5 Å². The van der Waals surface area contributed by atoms with E-state index in [4.69, 9.17) is 4.74 Å². The predicted octanol–water partition coefficient (Wildman–Crippen LogP) is 3.51. The Bertz CT molecular complexity index is 929. The van der Waals surface area contributed by atoms with Crippen LogP contribution in [0.1, 0.15) is 52.0 Å². The second-order valence-electron chi connectivity index (χ2n) is 8.67. The van der Waals surface area contributed by atoms with Crippen molar-refractivity contribution < 1.29 is 19.1 Å². The van der Waals surface area contributed by atoms with Gasteiger partial charge in [-0.1, -0.05) is 69.2 Å². The zero-order valence-corrected chi connectivity index (χ0v) is 18.5. The Labute approximate surface area is 183 Å². The Morgan fingerprint density at radius 3 is 2.39 bits per heavy atom. The van der Waals surface area contributed by atoms with Gasteiger partial charge in [0.15, 0.2) is 6.10 Å². The summed E-state index contributed by atoms with van der Waals surface area (Å²) in [4.78, 5) is 37.8. The number of esters is 1. The van der Waals surface area contributed by atoms with Crippen LogP contribution >= 0.6 is 0 Å². The molecule has 2 aromatic rings. The molecule has 2 amide bonds. The maximum atomic E-state index is 12.7. The van der Waals surface area contributed by atoms with Crippen LogP contribution in [0, 0.1) is 5.92 Å². The van der Waals surface area contributed by atoms with Crippen molar-refractivity contribution in [3.05, 3.63) is 48.0 Å². The van der Waals surface area contributed by atoms with Crippen molar-refractivity contribution in [3.63, 3.8) is 0 Å². The number of hydrogen-bond acceptors (Lipinski definition) is 4. The van der Waals surface area contributed by atoms with E-state index in [-0.39, 0.29) is 30.2 Å². The first kappa shape index (κ1) is 22.8. The molecule has 0 aliphatic heterocycles. The van der Waals surface area contributed by atoms with Crippen molar-refractivity contribution >= 4 is 28.6 Å². The third kappa shape index (κ3) is 6.06. The van der Waals surface area contributed by atoms with Gasteiger partial charge in [0.05, 0.1) is 6.42 Å². The molecule has 0 unspecified atom stereocenters. The van der Waals surface area contributed by atoms with E-state index < -0.39 is 18.1 Å². The van der Waals surface area contributed by atoms with Gasteiger partial charge >= 0.3 is 5.97 Å². The van der Waals surface area contributed by atoms with Crippen molar-refractivity contribution in [2.24, 2.45) is 5.92 Å². The Kier molecular flexibility index (Phi) is 7.66. The number of carbonyl (C=O) groups excluding carboxylic acids is 3. The summed E-state index contributed by atoms with van der Waals surface area (Å²) in [5, 5.41) is 7.82. The first-order chi connectivity index (χ1) is 14.8. The molecule has 1 aliphatic carbocycles. The first-order valence-electron chi connectivity index (χ1n) is 11.1. The third-order valence-electron chi connectivity index (χ3n) is 5.83. The minimum absolute atomic E-state index is 0.162. The molecule has 3 rings (SSSR count). The van der Waals surface area contributed by atoms with Crippen LogP contribution in [0.15, 0.2) is 42.5 Å². The van der Waals surface area contributed by atoms with Crippen molar-refractivity contribution in [1.82, 2.24) is 10.6 Å². The van der Waals surface area contributed by atoms with E-state index in [1.807, 2.05) is 56.3 Å². The van der Waals surface area contributed by atoms with Gasteiger partial charge in [-0.3, -0.25) is 9.59 Å². The topological polar surface area (TPSA) is 84.5 Å². The number of fused-ring (bicyclic) bond motifs is 1. The van der Waals surface area contributed by atoms with Gasteiger partial charge in [-0.15, -0.1) is 0 Å². The molecular formula is C25H32N2O4. The molecule has 2 atom stereocenters. The summed E-state index contributed by atoms with van der Waals surface area (Å²) in [5.74, 6) is -1.30. The van der Waals surface area contributed by atoms with Gasteiger partial charge in [-0.05, 0) is 42.0 Å². The van der Waals surface area contributed by atoms with Crippen LogP contribution < -0.4 is 10.6 Å². The van der Waals surface area contributed by atoms with Crippen LogP contribution in [0.3, 0.4) is 0 Å². The Morgan fingerprint density at radius 2 is 1.68 bits per heavy atom. The summed E-state index contributed by atoms with van der Waals surface area (Å²) in [5.41, 5.74) is 0.899. The number of benzene rings is 2. The van der Waals surface area contributed by atoms with E-state index in [2.05, 4.69) is 10.6 Å². The summed E-state index contributed by atoms with van der Waals surface area (Å²) < 4.78 is 5.40. The quantitative estimate of drug-likeness (QED) is 0.635. The van der Waals surface area contributed by atoms with E-state index in [1.54, 1.807) is 6.92 Å². The molecule has 0 bridgehead atoms. The number of nitrogens with one attached hydrogen (secondary N) is 2. The van der Waals surface area contributed by atoms with E-state index in [0.29, 0.717) is 0 Å². The molecule has 0 saturated heterocycles. The molecule has 1 aliphatic rings. The molecule has 31 heavy (non-hydrogen) atoms. The highest BCUT2D eigenvalue weighted by Crippen LogP contribution is 2.20. The van der Waals surface area contributed by atoms with E-state index in [9.17, 15) is 14.4 Å². The highest BCUT2D eigenvalue weighted by atomic mass is 16.5. The van der Waals surface area contributed by atoms with E-state index in [1.165, 1.54) is 0 Å². The fourth-order valence-electron chi connectivity index (χ4n) is 4.03. The summed E-state index contributed by atoms with van der Waals surface area (Å²) in [7, 11) is 0. The molecule has 0 radical (unpaired) electrons. The molecule has 0 heterocycles. The van der Waals surface area contributed by atoms with Gasteiger partial charge in [0, 0.05) is 6.04 Å². The monoisotopic (exact) mass is 424 g/mol. The molecule has 0 aromatic heterocycles. The van der Waals surface area contributed by atoms with Crippen molar-refractivity contribution in [2.75, 3.05) is 0 Å². The summed E-state index contributed by atoms with van der Waals surface area (Å²) in [6.07, 6.45) is 3.41. The second-order valence-corrected chi connectivity index (χ2v) is 8.67. The number of rotatable bonds is 8. The Hall–Kier alpha value is -2.89. The van der Waals surface area contributed by atoms with E-state index >= 15 is 0 Å². The van der Waals surface area contributed by atoms with Crippen LogP contribution in [-0.4, -0.2) is 36.0 Å². The van der Waals surface area contributed by atoms with Gasteiger partial charge in [-0.25, -0.2) is 4.79 Å². The minimum Gasteiger partial charge on any atom is -0.451 e. The second kappa shape index (κ2) is 10.4. The van der Waals surface area contributed by atoms with Crippen molar-refractivity contribution in [2.45, 2.75) is 71.1 Å². The van der Waals surface area contributed by atoms with Gasteiger partial charge in [0.2, 0.25) is 5.91 Å². The Balaban J connectivity index is 1.59. The van der Waals surface area contributed by atoms with Gasteiger partial charge in [-0.2, -0.15) is 0 Å². The fraction of sp³-hybridized carbons (Fsp3) is 0.480. The maximum absolute atomic E-state index is 12.7. The number of ether oxygens (including phenoxy) is 1. The van der Waals surface area contributed by atoms with Crippen LogP contribution in [0.5, 0.6) is 0 Å². The largest absolute Gasteiger partial charge is 0.451 e. The number of hydrogen-bond donors (Lipinski definition) is 2. The smallest absolute Gasteiger partial charge is 0.329 e. The standard InChI is InChI=1S/C25H32N2O4/c1-16(2)23(25(30)31-17(3)24(29)26-20-12-5-6-13-20)27-22(28)15-19-11-8-10-18-9-4-7-14-21(18)19/h4,7-11,14,16-17,20,23H,5-6,12-13,15H2,1-3H3,(H,26,29)(H,27,28)/t17-,23+/m1/s1. The predicted molar refractivity (Wildman–Crippen MR) is 120 cm³/mol. The summed E-state index contributed by atoms with van der Waals surface area (Å²) in [6, 6.07) is 13.1. The molecule has 6 nitrogen and oxygen atoms in total. The Morgan fingerprint density at radius 1 is 1.00 bits per heavy atom. The summed E-state index contributed by atoms with van der Waals surface area (Å²) >= 11 is 0. The van der Waals surface area contributed by atoms with Gasteiger partial charge in [0.25, 0.3) is 5.91 Å². The lowest BCUT2D eigenvalue weighted by Gasteiger charge is -2.23. The lowest BCUT2D eigenvalue weighted by molar-refractivity contribution is -0.158. The fourth-order valence-corrected chi connectivity index (χ4v) is 4.03. The highest BCUT2D eigenvalue weighted by molar-refractivity contribution is 5.92. The van der Waals surface area contributed by atoms with Crippen LogP contribution in [0.2, 0.25) is 0 Å². The number of amides is 2. The first-order valence-corrected chi connectivity index (χ1v) is 11.1. The average molecular weight is 425 g/mol. The molecular weight excluding hydrogens is 392 g/mol. The van der Waals surface area contributed by atoms with Gasteiger partial charge < -0.3 is 15.4 Å². The minimum atomic E-state index is -0.899. The zero-order chi connectivity index (χ0) is 22.4. The molecule has 1 saturated carbocycles. The molecule has 2 N–H and O–H groups in total. The molecule has 166 valence electrons. The van der Waals surface area contributed by atoms with E-state index in [0.717, 1.165) is 42.0 Å². The van der Waals surface area contributed by atoms with Crippen LogP contribution in [0.25, 0.3) is 10.8 Å². The van der Waals surface area contributed by atoms with Crippen molar-refractivity contribution in [3.8, 4) is 0 Å². The number of carbonyl (C=O) groups is 3. The lowest BCUT2D eigenvalue weighted by Crippen LogP contribution is -2.48. The molecule has 1 fully saturated rings. The normalized spacial score (nSPS) is 16.1. The zero-order valence-electron chi connectivity index (χ0n) is 18.5. The SMILES string of the molecule is CC(C)[C@H](NC(=O)Cc1cccc2ccccc12)C(=O)O[C@H](C)C(=O)NC1CCCC1. The summed E-state index contributed by atoms with van der Waals surface area (Å²) in [6.45, 7) is 5.25. The lowest BCUT2D eigenvalue weighted by atomic mass is 10.0. The molecule has 2 aromatic carbocycles. The molecule has 6 heteroatoms. The molecule has 0 spiro atoms.